The van der Waals surface area contributed by atoms with E-state index in [1.165, 1.54) is 12.1 Å². The number of halogens is 2. The first-order valence-corrected chi connectivity index (χ1v) is 15.3. The summed E-state index contributed by atoms with van der Waals surface area (Å²) in [5, 5.41) is 1.98. The van der Waals surface area contributed by atoms with Gasteiger partial charge in [0.1, 0.15) is 12.3 Å². The van der Waals surface area contributed by atoms with E-state index >= 15 is 0 Å². The average Bonchev–Trinajstić information content (AvgIpc) is 3.15. The van der Waals surface area contributed by atoms with Crippen molar-refractivity contribution < 1.29 is 35.1 Å². The van der Waals surface area contributed by atoms with Crippen LogP contribution in [0.5, 0.6) is 0 Å². The number of nitrogens with one attached hydrogen (secondary N) is 1. The molecule has 1 amide bonds. The van der Waals surface area contributed by atoms with E-state index in [0.29, 0.717) is 11.1 Å². The molecule has 2 aromatic carbocycles. The van der Waals surface area contributed by atoms with E-state index < -0.39 is 54.5 Å². The molecular weight excluding hydrogens is 540 g/mol. The largest absolute Gasteiger partial charge is 0.445 e. The fourth-order valence-electron chi connectivity index (χ4n) is 4.73. The summed E-state index contributed by atoms with van der Waals surface area (Å²) in [6.45, 7) is 0.000563. The van der Waals surface area contributed by atoms with Crippen LogP contribution >= 0.6 is 0 Å². The van der Waals surface area contributed by atoms with E-state index in [1.807, 2.05) is 6.07 Å². The number of alkyl halides is 2. The molecule has 9 nitrogen and oxygen atoms in total. The molecule has 0 spiro atoms. The Morgan fingerprint density at radius 1 is 1.05 bits per heavy atom. The smallest absolute Gasteiger partial charge is 0.408 e. The van der Waals surface area contributed by atoms with E-state index in [1.54, 1.807) is 36.4 Å². The SMILES string of the molecule is CS(=O)(=O)c1nc(-c2ccc(C3(NC(=O)OCc4ccccc4)CS(=O)(=O)C3)cc2)c2c(n1)C(F)(F)CC2. The molecule has 2 heterocycles. The number of carbonyl (C=O) groups is 1. The van der Waals surface area contributed by atoms with Gasteiger partial charge in [-0.3, -0.25) is 0 Å². The fourth-order valence-corrected chi connectivity index (χ4v) is 7.14. The molecule has 3 aromatic rings. The molecule has 1 N–H and O–H groups in total. The van der Waals surface area contributed by atoms with Crippen LogP contribution in [0.4, 0.5) is 13.6 Å². The first-order valence-electron chi connectivity index (χ1n) is 11.6. The Hall–Kier alpha value is -3.45. The Bertz CT molecular complexity index is 1620. The lowest BCUT2D eigenvalue weighted by atomic mass is 9.91. The van der Waals surface area contributed by atoms with Gasteiger partial charge in [0.05, 0.1) is 22.7 Å². The molecule has 0 atom stereocenters. The highest BCUT2D eigenvalue weighted by molar-refractivity contribution is 7.93. The number of amides is 1. The molecule has 1 saturated heterocycles. The Morgan fingerprint density at radius 2 is 1.71 bits per heavy atom. The molecule has 200 valence electrons. The predicted molar refractivity (Wildman–Crippen MR) is 133 cm³/mol. The van der Waals surface area contributed by atoms with Crippen LogP contribution in [0.2, 0.25) is 0 Å². The maximum atomic E-state index is 14.4. The zero-order valence-corrected chi connectivity index (χ0v) is 21.8. The van der Waals surface area contributed by atoms with E-state index in [4.69, 9.17) is 4.74 Å². The van der Waals surface area contributed by atoms with Crippen LogP contribution in [0, 0.1) is 0 Å². The minimum atomic E-state index is -3.97. The maximum Gasteiger partial charge on any atom is 0.408 e. The topological polar surface area (TPSA) is 132 Å². The maximum absolute atomic E-state index is 14.4. The minimum absolute atomic E-state index is 0.000563. The van der Waals surface area contributed by atoms with Crippen molar-refractivity contribution in [1.29, 1.82) is 0 Å². The fraction of sp³-hybridized carbons (Fsp3) is 0.320. The third kappa shape index (κ3) is 4.99. The van der Waals surface area contributed by atoms with Crippen molar-refractivity contribution in [2.24, 2.45) is 0 Å². The van der Waals surface area contributed by atoms with Gasteiger partial charge in [-0.25, -0.2) is 31.6 Å². The summed E-state index contributed by atoms with van der Waals surface area (Å²) >= 11 is 0. The van der Waals surface area contributed by atoms with Crippen LogP contribution in [-0.2, 0) is 48.9 Å². The normalized spacial score (nSPS) is 18.7. The lowest BCUT2D eigenvalue weighted by molar-refractivity contribution is -0.00653. The number of fused-ring (bicyclic) bond motifs is 1. The number of sulfone groups is 2. The number of alkyl carbamates (subject to hydrolysis) is 1. The van der Waals surface area contributed by atoms with Gasteiger partial charge in [-0.1, -0.05) is 54.6 Å². The second kappa shape index (κ2) is 9.09. The van der Waals surface area contributed by atoms with Crippen LogP contribution in [0.3, 0.4) is 0 Å². The van der Waals surface area contributed by atoms with Gasteiger partial charge in [0.25, 0.3) is 5.92 Å². The lowest BCUT2D eigenvalue weighted by Gasteiger charge is -2.41. The standard InChI is InChI=1S/C25H23F2N3O6S2/c1-37(32,33)22-28-20(19-11-12-25(26,27)21(19)29-22)17-7-9-18(10-8-17)24(14-38(34,35)15-24)30-23(31)36-13-16-5-3-2-4-6-16/h2-10H,11-15H2,1H3,(H,30,31). The van der Waals surface area contributed by atoms with Crippen molar-refractivity contribution >= 4 is 25.8 Å². The number of rotatable bonds is 6. The second-order valence-corrected chi connectivity index (χ2v) is 13.5. The zero-order chi connectivity index (χ0) is 27.3. The van der Waals surface area contributed by atoms with Crippen molar-refractivity contribution in [2.75, 3.05) is 17.8 Å². The molecule has 0 unspecified atom stereocenters. The molecule has 0 bridgehead atoms. The van der Waals surface area contributed by atoms with Crippen molar-refractivity contribution in [3.63, 3.8) is 0 Å². The van der Waals surface area contributed by atoms with Gasteiger partial charge < -0.3 is 10.1 Å². The van der Waals surface area contributed by atoms with Gasteiger partial charge in [-0.2, -0.15) is 8.78 Å². The average molecular weight is 564 g/mol. The number of hydrogen-bond acceptors (Lipinski definition) is 8. The molecule has 1 aliphatic carbocycles. The molecule has 1 fully saturated rings. The number of hydrogen-bond donors (Lipinski definition) is 1. The van der Waals surface area contributed by atoms with Crippen LogP contribution < -0.4 is 5.32 Å². The first kappa shape index (κ1) is 26.2. The summed E-state index contributed by atoms with van der Waals surface area (Å²) in [4.78, 5) is 20.3. The van der Waals surface area contributed by atoms with Crippen molar-refractivity contribution in [2.45, 2.75) is 36.1 Å². The number of aromatic nitrogens is 2. The summed E-state index contributed by atoms with van der Waals surface area (Å²) in [5.74, 6) is -3.96. The molecular formula is C25H23F2N3O6S2. The van der Waals surface area contributed by atoms with Gasteiger partial charge in [0, 0.05) is 23.8 Å². The zero-order valence-electron chi connectivity index (χ0n) is 20.1. The predicted octanol–water partition coefficient (Wildman–Crippen LogP) is 3.14. The molecule has 1 aromatic heterocycles. The van der Waals surface area contributed by atoms with Crippen LogP contribution in [0.1, 0.15) is 28.8 Å². The van der Waals surface area contributed by atoms with Crippen molar-refractivity contribution in [3.05, 3.63) is 77.0 Å². The Kier molecular flexibility index (Phi) is 6.26. The number of nitrogens with zero attached hydrogens (tertiary/aromatic N) is 2. The van der Waals surface area contributed by atoms with E-state index in [2.05, 4.69) is 15.3 Å². The summed E-state index contributed by atoms with van der Waals surface area (Å²) < 4.78 is 82.6. The van der Waals surface area contributed by atoms with Crippen molar-refractivity contribution in [3.8, 4) is 11.3 Å². The molecule has 1 aliphatic heterocycles. The third-order valence-electron chi connectivity index (χ3n) is 6.55. The summed E-state index contributed by atoms with van der Waals surface area (Å²) in [6.07, 6.45) is -0.481. The molecule has 38 heavy (non-hydrogen) atoms. The van der Waals surface area contributed by atoms with Crippen LogP contribution in [-0.4, -0.2) is 50.7 Å². The third-order valence-corrected chi connectivity index (χ3v) is 9.26. The van der Waals surface area contributed by atoms with E-state index in [9.17, 15) is 30.4 Å². The number of carbonyl (C=O) groups excluding carboxylic acids is 1. The minimum Gasteiger partial charge on any atom is -0.445 e. The van der Waals surface area contributed by atoms with Gasteiger partial charge in [0.2, 0.25) is 15.0 Å². The van der Waals surface area contributed by atoms with Crippen molar-refractivity contribution in [1.82, 2.24) is 15.3 Å². The highest BCUT2D eigenvalue weighted by atomic mass is 32.2. The van der Waals surface area contributed by atoms with Crippen LogP contribution in [0.25, 0.3) is 11.3 Å². The van der Waals surface area contributed by atoms with Gasteiger partial charge >= 0.3 is 6.09 Å². The highest BCUT2D eigenvalue weighted by Crippen LogP contribution is 2.44. The molecule has 0 saturated carbocycles. The van der Waals surface area contributed by atoms with E-state index in [-0.39, 0.29) is 35.8 Å². The first-order chi connectivity index (χ1) is 17.8. The van der Waals surface area contributed by atoms with Gasteiger partial charge in [-0.05, 0) is 17.5 Å². The number of ether oxygens (including phenoxy) is 1. The molecule has 5 rings (SSSR count). The van der Waals surface area contributed by atoms with Gasteiger partial charge in [-0.15, -0.1) is 0 Å². The highest BCUT2D eigenvalue weighted by Gasteiger charge is 2.51. The Balaban J connectivity index is 1.44. The van der Waals surface area contributed by atoms with Gasteiger partial charge in [0.15, 0.2) is 9.84 Å². The Labute approximate surface area is 218 Å². The molecule has 2 aliphatic rings. The monoisotopic (exact) mass is 563 g/mol. The number of benzene rings is 2. The van der Waals surface area contributed by atoms with E-state index in [0.717, 1.165) is 11.8 Å². The molecule has 13 heteroatoms. The summed E-state index contributed by atoms with van der Waals surface area (Å²) in [6, 6.07) is 15.2. The second-order valence-electron chi connectivity index (χ2n) is 9.54. The van der Waals surface area contributed by atoms with Crippen LogP contribution in [0.15, 0.2) is 59.8 Å². The summed E-state index contributed by atoms with van der Waals surface area (Å²) in [5.41, 5.74) is -0.00601. The Morgan fingerprint density at radius 3 is 2.32 bits per heavy atom. The lowest BCUT2D eigenvalue weighted by Crippen LogP contribution is -2.62. The molecule has 0 radical (unpaired) electrons. The summed E-state index contributed by atoms with van der Waals surface area (Å²) in [7, 11) is -7.36. The quantitative estimate of drug-likeness (QED) is 0.453.